The summed E-state index contributed by atoms with van der Waals surface area (Å²) in [4.78, 5) is 8.49. The maximum Gasteiger partial charge on any atom is 0.218 e. The van der Waals surface area contributed by atoms with Crippen molar-refractivity contribution in [3.63, 3.8) is 0 Å². The van der Waals surface area contributed by atoms with Gasteiger partial charge in [-0.15, -0.1) is 0 Å². The van der Waals surface area contributed by atoms with Crippen LogP contribution in [0.1, 0.15) is 12.7 Å². The maximum atomic E-state index is 5.63. The second-order valence-electron chi connectivity index (χ2n) is 3.82. The minimum absolute atomic E-state index is 0.572. The molecule has 0 spiro atoms. The van der Waals surface area contributed by atoms with Gasteiger partial charge in [-0.2, -0.15) is 4.98 Å². The average Bonchev–Trinajstić information content (AvgIpc) is 2.32. The highest BCUT2D eigenvalue weighted by Gasteiger charge is 2.02. The Morgan fingerprint density at radius 2 is 1.94 bits per heavy atom. The number of nitrogens with one attached hydrogen (secondary N) is 1. The molecule has 1 heterocycles. The van der Waals surface area contributed by atoms with Crippen molar-refractivity contribution in [2.45, 2.75) is 13.8 Å². The molecule has 2 rings (SSSR count). The summed E-state index contributed by atoms with van der Waals surface area (Å²) < 4.78 is 5.37. The van der Waals surface area contributed by atoms with E-state index in [0.29, 0.717) is 24.1 Å². The number of nitrogens with zero attached hydrogens (tertiary/aromatic N) is 2. The highest BCUT2D eigenvalue weighted by molar-refractivity contribution is 5.59. The normalized spacial score (nSPS) is 10.1. The van der Waals surface area contributed by atoms with Crippen LogP contribution in [0.3, 0.4) is 0 Å². The first-order valence-corrected chi connectivity index (χ1v) is 5.78. The number of ether oxygens (including phenoxy) is 1. The van der Waals surface area contributed by atoms with E-state index in [1.54, 1.807) is 6.07 Å². The van der Waals surface area contributed by atoms with Crippen molar-refractivity contribution in [1.82, 2.24) is 9.97 Å². The molecule has 0 aliphatic heterocycles. The first-order valence-electron chi connectivity index (χ1n) is 5.78. The summed E-state index contributed by atoms with van der Waals surface area (Å²) in [5.74, 6) is 1.94. The highest BCUT2D eigenvalue weighted by atomic mass is 16.5. The molecule has 0 aliphatic rings. The topological polar surface area (TPSA) is 73.1 Å². The van der Waals surface area contributed by atoms with Gasteiger partial charge in [0.1, 0.15) is 11.6 Å². The number of benzene rings is 1. The molecule has 0 amide bonds. The van der Waals surface area contributed by atoms with Crippen LogP contribution in [-0.2, 0) is 0 Å². The van der Waals surface area contributed by atoms with E-state index < -0.39 is 0 Å². The molecule has 3 N–H and O–H groups in total. The summed E-state index contributed by atoms with van der Waals surface area (Å²) in [6.07, 6.45) is 0. The predicted molar refractivity (Wildman–Crippen MR) is 72.1 cm³/mol. The largest absolute Gasteiger partial charge is 0.478 e. The van der Waals surface area contributed by atoms with E-state index in [-0.39, 0.29) is 0 Å². The van der Waals surface area contributed by atoms with Crippen molar-refractivity contribution in [1.29, 1.82) is 0 Å². The molecule has 0 unspecified atom stereocenters. The van der Waals surface area contributed by atoms with Crippen LogP contribution in [0.5, 0.6) is 5.88 Å². The molecule has 0 atom stereocenters. The van der Waals surface area contributed by atoms with Gasteiger partial charge < -0.3 is 15.8 Å². The molecule has 0 aliphatic carbocycles. The Morgan fingerprint density at radius 1 is 1.22 bits per heavy atom. The Hall–Kier alpha value is -2.30. The van der Waals surface area contributed by atoms with Gasteiger partial charge in [0.15, 0.2) is 0 Å². The Labute approximate surface area is 106 Å². The van der Waals surface area contributed by atoms with E-state index in [1.165, 1.54) is 0 Å². The van der Waals surface area contributed by atoms with E-state index in [9.17, 15) is 0 Å². The predicted octanol–water partition coefficient (Wildman–Crippen LogP) is 2.51. The summed E-state index contributed by atoms with van der Waals surface area (Å²) in [6, 6.07) is 9.23. The average molecular weight is 244 g/mol. The van der Waals surface area contributed by atoms with Gasteiger partial charge in [-0.05, 0) is 38.1 Å². The van der Waals surface area contributed by atoms with Crippen LogP contribution in [-0.4, -0.2) is 16.6 Å². The van der Waals surface area contributed by atoms with Gasteiger partial charge >= 0.3 is 0 Å². The number of rotatable bonds is 4. The second-order valence-corrected chi connectivity index (χ2v) is 3.82. The molecule has 5 heteroatoms. The quantitative estimate of drug-likeness (QED) is 0.808. The molecular formula is C13H16N4O. The molecule has 0 bridgehead atoms. The third kappa shape index (κ3) is 3.10. The Morgan fingerprint density at radius 3 is 2.61 bits per heavy atom. The van der Waals surface area contributed by atoms with Crippen LogP contribution in [0.4, 0.5) is 17.2 Å². The first-order chi connectivity index (χ1) is 8.67. The van der Waals surface area contributed by atoms with Crippen LogP contribution in [0.15, 0.2) is 30.3 Å². The van der Waals surface area contributed by atoms with Crippen molar-refractivity contribution >= 4 is 17.2 Å². The van der Waals surface area contributed by atoms with Gasteiger partial charge in [0.25, 0.3) is 0 Å². The monoisotopic (exact) mass is 244 g/mol. The first kappa shape index (κ1) is 12.2. The molecule has 18 heavy (non-hydrogen) atoms. The summed E-state index contributed by atoms with van der Waals surface area (Å²) in [5, 5.41) is 3.18. The van der Waals surface area contributed by atoms with Crippen molar-refractivity contribution < 1.29 is 4.74 Å². The third-order valence-electron chi connectivity index (χ3n) is 2.29. The van der Waals surface area contributed by atoms with Gasteiger partial charge in [0.05, 0.1) is 6.61 Å². The van der Waals surface area contributed by atoms with Gasteiger partial charge in [-0.3, -0.25) is 0 Å². The summed E-state index contributed by atoms with van der Waals surface area (Å²) in [7, 11) is 0. The van der Waals surface area contributed by atoms with Gasteiger partial charge in [0.2, 0.25) is 5.88 Å². The minimum Gasteiger partial charge on any atom is -0.478 e. The number of hydrogen-bond donors (Lipinski definition) is 2. The Bertz CT molecular complexity index is 525. The third-order valence-corrected chi connectivity index (χ3v) is 2.29. The Kier molecular flexibility index (Phi) is 3.62. The molecule has 1 aromatic heterocycles. The molecule has 0 saturated heterocycles. The SMILES string of the molecule is CCOc1cc(Nc2ccc(N)cc2)nc(C)n1. The molecule has 0 fully saturated rings. The zero-order valence-corrected chi connectivity index (χ0v) is 10.5. The van der Waals surface area contributed by atoms with Gasteiger partial charge in [-0.1, -0.05) is 0 Å². The van der Waals surface area contributed by atoms with Gasteiger partial charge in [-0.25, -0.2) is 4.98 Å². The van der Waals surface area contributed by atoms with E-state index in [4.69, 9.17) is 10.5 Å². The van der Waals surface area contributed by atoms with Crippen molar-refractivity contribution in [3.05, 3.63) is 36.2 Å². The van der Waals surface area contributed by atoms with Gasteiger partial charge in [0, 0.05) is 17.4 Å². The van der Waals surface area contributed by atoms with E-state index in [1.807, 2.05) is 38.1 Å². The molecule has 5 nitrogen and oxygen atoms in total. The van der Waals surface area contributed by atoms with E-state index >= 15 is 0 Å². The van der Waals surface area contributed by atoms with Crippen LogP contribution in [0.2, 0.25) is 0 Å². The van der Waals surface area contributed by atoms with E-state index in [2.05, 4.69) is 15.3 Å². The molecule has 94 valence electrons. The van der Waals surface area contributed by atoms with Crippen molar-refractivity contribution in [2.75, 3.05) is 17.7 Å². The fourth-order valence-electron chi connectivity index (χ4n) is 1.54. The number of aromatic nitrogens is 2. The van der Waals surface area contributed by atoms with Crippen molar-refractivity contribution in [3.8, 4) is 5.88 Å². The summed E-state index contributed by atoms with van der Waals surface area (Å²) in [5.41, 5.74) is 7.29. The molecule has 1 aromatic carbocycles. The Balaban J connectivity index is 2.20. The zero-order valence-electron chi connectivity index (χ0n) is 10.5. The lowest BCUT2D eigenvalue weighted by Crippen LogP contribution is -2.01. The summed E-state index contributed by atoms with van der Waals surface area (Å²) in [6.45, 7) is 4.33. The number of nitrogens with two attached hydrogens (primary N) is 1. The fourth-order valence-corrected chi connectivity index (χ4v) is 1.54. The van der Waals surface area contributed by atoms with Crippen LogP contribution >= 0.6 is 0 Å². The smallest absolute Gasteiger partial charge is 0.218 e. The summed E-state index contributed by atoms with van der Waals surface area (Å²) >= 11 is 0. The lowest BCUT2D eigenvalue weighted by atomic mass is 10.3. The van der Waals surface area contributed by atoms with E-state index in [0.717, 1.165) is 11.4 Å². The van der Waals surface area contributed by atoms with Crippen molar-refractivity contribution in [2.24, 2.45) is 0 Å². The minimum atomic E-state index is 0.572. The van der Waals surface area contributed by atoms with Crippen LogP contribution in [0.25, 0.3) is 0 Å². The lowest BCUT2D eigenvalue weighted by molar-refractivity contribution is 0.325. The molecule has 0 saturated carbocycles. The second kappa shape index (κ2) is 5.35. The number of aryl methyl sites for hydroxylation is 1. The standard InChI is InChI=1S/C13H16N4O/c1-3-18-13-8-12(15-9(2)16-13)17-11-6-4-10(14)5-7-11/h4-8H,3,14H2,1-2H3,(H,15,16,17). The van der Waals surface area contributed by atoms with Crippen LogP contribution < -0.4 is 15.8 Å². The molecule has 2 aromatic rings. The number of hydrogen-bond acceptors (Lipinski definition) is 5. The number of anilines is 3. The highest BCUT2D eigenvalue weighted by Crippen LogP contribution is 2.19. The zero-order chi connectivity index (χ0) is 13.0. The van der Waals surface area contributed by atoms with Crippen LogP contribution in [0, 0.1) is 6.92 Å². The fraction of sp³-hybridized carbons (Fsp3) is 0.231. The number of nitrogen functional groups attached to an aromatic ring is 1. The molecule has 0 radical (unpaired) electrons. The lowest BCUT2D eigenvalue weighted by Gasteiger charge is -2.08. The molecular weight excluding hydrogens is 228 g/mol. The maximum absolute atomic E-state index is 5.63.